The number of nitrogens with one attached hydrogen (secondary N) is 1. The molecule has 2 nitrogen and oxygen atoms in total. The van der Waals surface area contributed by atoms with Gasteiger partial charge < -0.3 is 10.1 Å². The minimum atomic E-state index is 0.666. The molecule has 0 bridgehead atoms. The molecule has 17 heavy (non-hydrogen) atoms. The average Bonchev–Trinajstić information content (AvgIpc) is 2.22. The lowest BCUT2D eigenvalue weighted by atomic mass is 10.1. The van der Waals surface area contributed by atoms with Crippen LogP contribution in [0.5, 0.6) is 5.75 Å². The number of halogens is 1. The zero-order chi connectivity index (χ0) is 12.8. The molecule has 96 valence electrons. The Bertz CT molecular complexity index is 363. The number of hydrogen-bond donors (Lipinski definition) is 1. The maximum Gasteiger partial charge on any atom is 0.126 e. The topological polar surface area (TPSA) is 21.3 Å². The fourth-order valence-electron chi connectivity index (χ4n) is 1.78. The Labute approximate surface area is 113 Å². The largest absolute Gasteiger partial charge is 0.493 e. The highest BCUT2D eigenvalue weighted by molar-refractivity contribution is 9.10. The van der Waals surface area contributed by atoms with E-state index in [-0.39, 0.29) is 0 Å². The number of rotatable bonds is 6. The van der Waals surface area contributed by atoms with Crippen molar-refractivity contribution in [1.29, 1.82) is 0 Å². The molecule has 1 aromatic rings. The van der Waals surface area contributed by atoms with Crippen molar-refractivity contribution < 1.29 is 4.74 Å². The summed E-state index contributed by atoms with van der Waals surface area (Å²) in [6, 6.07) is 4.22. The Kier molecular flexibility index (Phi) is 6.00. The lowest BCUT2D eigenvalue weighted by molar-refractivity contribution is 0.332. The standard InChI is InChI=1S/C14H22BrNO/c1-5-17-14-11(4)6-13(15)7-12(14)9-16-8-10(2)3/h6-7,10,16H,5,8-9H2,1-4H3. The van der Waals surface area contributed by atoms with Crippen LogP contribution in [0, 0.1) is 12.8 Å². The highest BCUT2D eigenvalue weighted by Crippen LogP contribution is 2.28. The predicted molar refractivity (Wildman–Crippen MR) is 76.6 cm³/mol. The molecule has 3 heteroatoms. The summed E-state index contributed by atoms with van der Waals surface area (Å²) in [5.74, 6) is 1.69. The SMILES string of the molecule is CCOc1c(C)cc(Br)cc1CNCC(C)C. The average molecular weight is 300 g/mol. The molecule has 0 aromatic heterocycles. The Morgan fingerprint density at radius 2 is 2.06 bits per heavy atom. The highest BCUT2D eigenvalue weighted by atomic mass is 79.9. The molecule has 0 heterocycles. The van der Waals surface area contributed by atoms with Crippen LogP contribution in [-0.4, -0.2) is 13.2 Å². The van der Waals surface area contributed by atoms with Crippen LogP contribution in [0.25, 0.3) is 0 Å². The molecule has 1 aromatic carbocycles. The van der Waals surface area contributed by atoms with Crippen LogP contribution in [0.3, 0.4) is 0 Å². The summed E-state index contributed by atoms with van der Waals surface area (Å²) in [5, 5.41) is 3.45. The third kappa shape index (κ3) is 4.68. The first-order valence-electron chi connectivity index (χ1n) is 6.17. The van der Waals surface area contributed by atoms with Gasteiger partial charge in [-0.3, -0.25) is 0 Å². The van der Waals surface area contributed by atoms with Crippen LogP contribution in [0.15, 0.2) is 16.6 Å². The molecule has 0 fully saturated rings. The maximum absolute atomic E-state index is 5.72. The summed E-state index contributed by atoms with van der Waals surface area (Å²) in [4.78, 5) is 0. The van der Waals surface area contributed by atoms with E-state index in [0.29, 0.717) is 12.5 Å². The summed E-state index contributed by atoms with van der Waals surface area (Å²) >= 11 is 3.54. The van der Waals surface area contributed by atoms with Gasteiger partial charge in [-0.2, -0.15) is 0 Å². The molecule has 0 aliphatic heterocycles. The number of ether oxygens (including phenoxy) is 1. The van der Waals surface area contributed by atoms with E-state index >= 15 is 0 Å². The van der Waals surface area contributed by atoms with E-state index in [1.54, 1.807) is 0 Å². The van der Waals surface area contributed by atoms with Gasteiger partial charge in [-0.1, -0.05) is 29.8 Å². The second-order valence-corrected chi connectivity index (χ2v) is 5.58. The lowest BCUT2D eigenvalue weighted by Gasteiger charge is -2.15. The van der Waals surface area contributed by atoms with Gasteiger partial charge in [0.25, 0.3) is 0 Å². The normalized spacial score (nSPS) is 10.9. The zero-order valence-corrected chi connectivity index (χ0v) is 12.7. The molecule has 0 saturated carbocycles. The summed E-state index contributed by atoms with van der Waals surface area (Å²) in [7, 11) is 0. The molecule has 1 rings (SSSR count). The number of aryl methyl sites for hydroxylation is 1. The second-order valence-electron chi connectivity index (χ2n) is 4.67. The molecule has 1 N–H and O–H groups in total. The lowest BCUT2D eigenvalue weighted by Crippen LogP contribution is -2.19. The third-order valence-corrected chi connectivity index (χ3v) is 2.93. The van der Waals surface area contributed by atoms with Gasteiger partial charge in [0.1, 0.15) is 5.75 Å². The highest BCUT2D eigenvalue weighted by Gasteiger charge is 2.08. The summed E-state index contributed by atoms with van der Waals surface area (Å²) in [5.41, 5.74) is 2.40. The van der Waals surface area contributed by atoms with E-state index in [2.05, 4.69) is 54.2 Å². The molecule has 0 aliphatic rings. The Morgan fingerprint density at radius 1 is 1.35 bits per heavy atom. The first kappa shape index (κ1) is 14.5. The van der Waals surface area contributed by atoms with Gasteiger partial charge in [0.2, 0.25) is 0 Å². The van der Waals surface area contributed by atoms with Crippen molar-refractivity contribution in [3.05, 3.63) is 27.7 Å². The van der Waals surface area contributed by atoms with Crippen LogP contribution in [0.1, 0.15) is 31.9 Å². The molecule has 0 spiro atoms. The summed E-state index contributed by atoms with van der Waals surface area (Å²) in [6.07, 6.45) is 0. The Morgan fingerprint density at radius 3 is 2.65 bits per heavy atom. The summed E-state index contributed by atoms with van der Waals surface area (Å²) < 4.78 is 6.83. The maximum atomic E-state index is 5.72. The van der Waals surface area contributed by atoms with Gasteiger partial charge in [0.05, 0.1) is 6.61 Å². The van der Waals surface area contributed by atoms with E-state index < -0.39 is 0 Å². The van der Waals surface area contributed by atoms with Crippen LogP contribution in [0.4, 0.5) is 0 Å². The van der Waals surface area contributed by atoms with E-state index in [9.17, 15) is 0 Å². The second kappa shape index (κ2) is 7.02. The van der Waals surface area contributed by atoms with Crippen LogP contribution in [0.2, 0.25) is 0 Å². The molecule has 0 saturated heterocycles. The van der Waals surface area contributed by atoms with Gasteiger partial charge >= 0.3 is 0 Å². The quantitative estimate of drug-likeness (QED) is 0.860. The van der Waals surface area contributed by atoms with E-state index in [1.165, 1.54) is 11.1 Å². The molecule has 0 amide bonds. The van der Waals surface area contributed by atoms with E-state index in [4.69, 9.17) is 4.74 Å². The van der Waals surface area contributed by atoms with Crippen molar-refractivity contribution in [2.45, 2.75) is 34.2 Å². The van der Waals surface area contributed by atoms with Crippen molar-refractivity contribution in [2.75, 3.05) is 13.2 Å². The summed E-state index contributed by atoms with van der Waals surface area (Å²) in [6.45, 7) is 11.1. The molecule has 0 unspecified atom stereocenters. The van der Waals surface area contributed by atoms with Crippen molar-refractivity contribution in [3.8, 4) is 5.75 Å². The monoisotopic (exact) mass is 299 g/mol. The number of benzene rings is 1. The molecule has 0 aliphatic carbocycles. The fourth-order valence-corrected chi connectivity index (χ4v) is 2.40. The molecular formula is C14H22BrNO. The van der Waals surface area contributed by atoms with Crippen molar-refractivity contribution in [3.63, 3.8) is 0 Å². The van der Waals surface area contributed by atoms with Crippen LogP contribution in [-0.2, 0) is 6.54 Å². The van der Waals surface area contributed by atoms with E-state index in [1.807, 2.05) is 6.92 Å². The Balaban J connectivity index is 2.80. The molecule has 0 atom stereocenters. The zero-order valence-electron chi connectivity index (χ0n) is 11.1. The fraction of sp³-hybridized carbons (Fsp3) is 0.571. The predicted octanol–water partition coefficient (Wildman–Crippen LogP) is 3.90. The van der Waals surface area contributed by atoms with Crippen molar-refractivity contribution in [1.82, 2.24) is 5.32 Å². The van der Waals surface area contributed by atoms with E-state index in [0.717, 1.165) is 23.3 Å². The van der Waals surface area contributed by atoms with Crippen molar-refractivity contribution in [2.24, 2.45) is 5.92 Å². The minimum Gasteiger partial charge on any atom is -0.493 e. The van der Waals surface area contributed by atoms with Gasteiger partial charge in [-0.05, 0) is 44.0 Å². The first-order valence-corrected chi connectivity index (χ1v) is 6.96. The third-order valence-electron chi connectivity index (χ3n) is 2.47. The van der Waals surface area contributed by atoms with Gasteiger partial charge in [-0.25, -0.2) is 0 Å². The number of hydrogen-bond acceptors (Lipinski definition) is 2. The molecule has 0 radical (unpaired) electrons. The van der Waals surface area contributed by atoms with Crippen molar-refractivity contribution >= 4 is 15.9 Å². The van der Waals surface area contributed by atoms with Crippen LogP contribution >= 0.6 is 15.9 Å². The van der Waals surface area contributed by atoms with Gasteiger partial charge in [0, 0.05) is 16.6 Å². The van der Waals surface area contributed by atoms with Crippen LogP contribution < -0.4 is 10.1 Å². The minimum absolute atomic E-state index is 0.666. The Hall–Kier alpha value is -0.540. The molecular weight excluding hydrogens is 278 g/mol. The van der Waals surface area contributed by atoms with Gasteiger partial charge in [-0.15, -0.1) is 0 Å². The first-order chi connectivity index (χ1) is 8.04. The van der Waals surface area contributed by atoms with Gasteiger partial charge in [0.15, 0.2) is 0 Å². The smallest absolute Gasteiger partial charge is 0.126 e.